The summed E-state index contributed by atoms with van der Waals surface area (Å²) in [7, 11) is 3.64. The summed E-state index contributed by atoms with van der Waals surface area (Å²) in [5.74, 6) is 0.832. The van der Waals surface area contributed by atoms with E-state index >= 15 is 0 Å². The van der Waals surface area contributed by atoms with E-state index in [1.165, 1.54) is 0 Å². The molecule has 0 aromatic heterocycles. The molecule has 0 spiro atoms. The number of rotatable bonds is 5. The van der Waals surface area contributed by atoms with Crippen LogP contribution in [0.15, 0.2) is 24.3 Å². The molecule has 110 valence electrons. The van der Waals surface area contributed by atoms with Gasteiger partial charge in [0, 0.05) is 25.8 Å². The Hall–Kier alpha value is -1.39. The average molecular weight is 276 g/mol. The zero-order valence-corrected chi connectivity index (χ0v) is 12.4. The third-order valence-corrected chi connectivity index (χ3v) is 3.94. The average Bonchev–Trinajstić information content (AvgIpc) is 2.49. The van der Waals surface area contributed by atoms with Crippen molar-refractivity contribution in [2.75, 3.05) is 33.8 Å². The number of nitrogens with zero attached hydrogens (tertiary/aromatic N) is 1. The van der Waals surface area contributed by atoms with Crippen molar-refractivity contribution in [1.82, 2.24) is 10.2 Å². The Kier molecular flexibility index (Phi) is 5.56. The Morgan fingerprint density at radius 2 is 2.05 bits per heavy atom. The number of carbonyl (C=O) groups excluding carboxylic acids is 1. The fourth-order valence-electron chi connectivity index (χ4n) is 2.81. The molecule has 2 rings (SSSR count). The Labute approximate surface area is 121 Å². The van der Waals surface area contributed by atoms with Crippen LogP contribution in [0, 0.1) is 5.92 Å². The fourth-order valence-corrected chi connectivity index (χ4v) is 2.81. The summed E-state index contributed by atoms with van der Waals surface area (Å²) in [4.78, 5) is 14.6. The largest absolute Gasteiger partial charge is 0.380 e. The highest BCUT2D eigenvalue weighted by Gasteiger charge is 2.24. The summed E-state index contributed by atoms with van der Waals surface area (Å²) in [5, 5.41) is 3.22. The van der Waals surface area contributed by atoms with Crippen LogP contribution in [0.4, 0.5) is 0 Å². The second kappa shape index (κ2) is 7.41. The monoisotopic (exact) mass is 276 g/mol. The number of hydrogen-bond donors (Lipinski definition) is 1. The summed E-state index contributed by atoms with van der Waals surface area (Å²) in [6.45, 7) is 3.24. The van der Waals surface area contributed by atoms with Gasteiger partial charge in [-0.3, -0.25) is 4.79 Å². The second-order valence-corrected chi connectivity index (χ2v) is 5.38. The third kappa shape index (κ3) is 3.58. The van der Waals surface area contributed by atoms with Gasteiger partial charge in [-0.25, -0.2) is 0 Å². The zero-order valence-electron chi connectivity index (χ0n) is 12.4. The van der Waals surface area contributed by atoms with Gasteiger partial charge in [0.1, 0.15) is 0 Å². The minimum atomic E-state index is 0.139. The van der Waals surface area contributed by atoms with Crippen LogP contribution in [0.3, 0.4) is 0 Å². The number of likely N-dealkylation sites (tertiary alicyclic amines) is 1. The summed E-state index contributed by atoms with van der Waals surface area (Å²) in [6.07, 6.45) is 2.16. The van der Waals surface area contributed by atoms with E-state index in [1.807, 2.05) is 36.2 Å². The fraction of sp³-hybridized carbons (Fsp3) is 0.562. The highest BCUT2D eigenvalue weighted by atomic mass is 16.5. The van der Waals surface area contributed by atoms with Gasteiger partial charge in [0.25, 0.3) is 5.91 Å². The van der Waals surface area contributed by atoms with Crippen LogP contribution in [-0.2, 0) is 11.3 Å². The summed E-state index contributed by atoms with van der Waals surface area (Å²) in [6, 6.07) is 7.73. The number of benzene rings is 1. The lowest BCUT2D eigenvalue weighted by Gasteiger charge is -2.32. The number of amides is 1. The molecule has 20 heavy (non-hydrogen) atoms. The molecule has 0 radical (unpaired) electrons. The molecule has 1 aromatic carbocycles. The molecular formula is C16H24N2O2. The van der Waals surface area contributed by atoms with Gasteiger partial charge in [0.2, 0.25) is 0 Å². The van der Waals surface area contributed by atoms with E-state index in [9.17, 15) is 4.79 Å². The van der Waals surface area contributed by atoms with Crippen molar-refractivity contribution >= 4 is 5.91 Å². The zero-order chi connectivity index (χ0) is 14.4. The first kappa shape index (κ1) is 15.0. The lowest BCUT2D eigenvalue weighted by atomic mass is 9.96. The summed E-state index contributed by atoms with van der Waals surface area (Å²) < 4.78 is 5.18. The summed E-state index contributed by atoms with van der Waals surface area (Å²) >= 11 is 0. The molecule has 4 heteroatoms. The molecule has 1 saturated heterocycles. The van der Waals surface area contributed by atoms with Crippen molar-refractivity contribution in [2.24, 2.45) is 5.92 Å². The van der Waals surface area contributed by atoms with E-state index in [-0.39, 0.29) is 5.91 Å². The smallest absolute Gasteiger partial charge is 0.254 e. The predicted molar refractivity (Wildman–Crippen MR) is 79.7 cm³/mol. The van der Waals surface area contributed by atoms with Crippen molar-refractivity contribution < 1.29 is 9.53 Å². The molecule has 0 aliphatic carbocycles. The standard InChI is InChI=1S/C16H24N2O2/c1-17-11-13-7-9-18(10-8-13)16(19)15-6-4-3-5-14(15)12-20-2/h3-6,13,17H,7-12H2,1-2H3. The van der Waals surface area contributed by atoms with Gasteiger partial charge < -0.3 is 15.0 Å². The maximum absolute atomic E-state index is 12.6. The maximum atomic E-state index is 12.6. The maximum Gasteiger partial charge on any atom is 0.254 e. The molecular weight excluding hydrogens is 252 g/mol. The van der Waals surface area contributed by atoms with Crippen LogP contribution in [0.1, 0.15) is 28.8 Å². The van der Waals surface area contributed by atoms with Gasteiger partial charge in [-0.1, -0.05) is 18.2 Å². The molecule has 0 saturated carbocycles. The van der Waals surface area contributed by atoms with Crippen LogP contribution in [0.5, 0.6) is 0 Å². The normalized spacial score (nSPS) is 16.4. The first-order chi connectivity index (χ1) is 9.76. The number of hydrogen-bond acceptors (Lipinski definition) is 3. The molecule has 1 heterocycles. The Balaban J connectivity index is 2.02. The van der Waals surface area contributed by atoms with Gasteiger partial charge >= 0.3 is 0 Å². The molecule has 1 aliphatic rings. The van der Waals surface area contributed by atoms with E-state index in [1.54, 1.807) is 7.11 Å². The van der Waals surface area contributed by atoms with E-state index < -0.39 is 0 Å². The van der Waals surface area contributed by atoms with Crippen molar-refractivity contribution in [2.45, 2.75) is 19.4 Å². The number of carbonyl (C=O) groups is 1. The van der Waals surface area contributed by atoms with Crippen LogP contribution < -0.4 is 5.32 Å². The summed E-state index contributed by atoms with van der Waals surface area (Å²) in [5.41, 5.74) is 1.75. The number of methoxy groups -OCH3 is 1. The number of piperidine rings is 1. The number of nitrogens with one attached hydrogen (secondary N) is 1. The Bertz CT molecular complexity index is 440. The highest BCUT2D eigenvalue weighted by molar-refractivity contribution is 5.95. The third-order valence-electron chi connectivity index (χ3n) is 3.94. The van der Waals surface area contributed by atoms with Crippen LogP contribution in [-0.4, -0.2) is 44.6 Å². The molecule has 0 unspecified atom stereocenters. The first-order valence-electron chi connectivity index (χ1n) is 7.27. The quantitative estimate of drug-likeness (QED) is 0.893. The van der Waals surface area contributed by atoms with Crippen molar-refractivity contribution in [3.05, 3.63) is 35.4 Å². The topological polar surface area (TPSA) is 41.6 Å². The highest BCUT2D eigenvalue weighted by Crippen LogP contribution is 2.20. The van der Waals surface area contributed by atoms with Gasteiger partial charge in [0.15, 0.2) is 0 Å². The minimum Gasteiger partial charge on any atom is -0.380 e. The van der Waals surface area contributed by atoms with Gasteiger partial charge in [-0.15, -0.1) is 0 Å². The lowest BCUT2D eigenvalue weighted by Crippen LogP contribution is -2.40. The predicted octanol–water partition coefficient (Wildman–Crippen LogP) is 1.90. The van der Waals surface area contributed by atoms with Crippen LogP contribution >= 0.6 is 0 Å². The molecule has 1 aromatic rings. The molecule has 1 fully saturated rings. The van der Waals surface area contributed by atoms with Crippen molar-refractivity contribution in [3.63, 3.8) is 0 Å². The molecule has 4 nitrogen and oxygen atoms in total. The van der Waals surface area contributed by atoms with Crippen LogP contribution in [0.2, 0.25) is 0 Å². The van der Waals surface area contributed by atoms with Gasteiger partial charge in [-0.2, -0.15) is 0 Å². The molecule has 0 bridgehead atoms. The Morgan fingerprint density at radius 3 is 2.70 bits per heavy atom. The van der Waals surface area contributed by atoms with Crippen molar-refractivity contribution in [3.8, 4) is 0 Å². The molecule has 1 aliphatic heterocycles. The molecule has 0 atom stereocenters. The van der Waals surface area contributed by atoms with E-state index in [0.717, 1.165) is 43.6 Å². The SMILES string of the molecule is CNCC1CCN(C(=O)c2ccccc2COC)CC1. The van der Waals surface area contributed by atoms with Crippen LogP contribution in [0.25, 0.3) is 0 Å². The Morgan fingerprint density at radius 1 is 1.35 bits per heavy atom. The lowest BCUT2D eigenvalue weighted by molar-refractivity contribution is 0.0686. The first-order valence-corrected chi connectivity index (χ1v) is 7.27. The molecule has 1 amide bonds. The molecule has 1 N–H and O–H groups in total. The van der Waals surface area contributed by atoms with Crippen molar-refractivity contribution in [1.29, 1.82) is 0 Å². The van der Waals surface area contributed by atoms with E-state index in [2.05, 4.69) is 5.32 Å². The second-order valence-electron chi connectivity index (χ2n) is 5.38. The van der Waals surface area contributed by atoms with Gasteiger partial charge in [0.05, 0.1) is 6.61 Å². The van der Waals surface area contributed by atoms with E-state index in [0.29, 0.717) is 12.5 Å². The van der Waals surface area contributed by atoms with Gasteiger partial charge in [-0.05, 0) is 44.0 Å². The minimum absolute atomic E-state index is 0.139. The van der Waals surface area contributed by atoms with E-state index in [4.69, 9.17) is 4.74 Å². The number of ether oxygens (including phenoxy) is 1.